The van der Waals surface area contributed by atoms with E-state index < -0.39 is 0 Å². The largest absolute Gasteiger partial charge is 0.377 e. The number of fused-ring (bicyclic) bond motifs is 1. The number of piperidine rings is 1. The summed E-state index contributed by atoms with van der Waals surface area (Å²) in [5, 5.41) is 7.03. The number of hydrogen-bond acceptors (Lipinski definition) is 4. The second kappa shape index (κ2) is 8.84. The summed E-state index contributed by atoms with van der Waals surface area (Å²) in [7, 11) is 0. The van der Waals surface area contributed by atoms with Gasteiger partial charge in [-0.25, -0.2) is 4.98 Å². The van der Waals surface area contributed by atoms with Crippen molar-refractivity contribution in [1.29, 1.82) is 0 Å². The van der Waals surface area contributed by atoms with Crippen molar-refractivity contribution in [3.05, 3.63) is 24.3 Å². The van der Waals surface area contributed by atoms with Crippen molar-refractivity contribution in [3.8, 4) is 0 Å². The fourth-order valence-corrected chi connectivity index (χ4v) is 2.94. The van der Waals surface area contributed by atoms with Crippen molar-refractivity contribution in [2.24, 2.45) is 0 Å². The highest BCUT2D eigenvalue weighted by molar-refractivity contribution is 14.0. The van der Waals surface area contributed by atoms with Gasteiger partial charge in [-0.2, -0.15) is 0 Å². The van der Waals surface area contributed by atoms with Gasteiger partial charge in [-0.15, -0.1) is 24.0 Å². The Morgan fingerprint density at radius 1 is 1.30 bits per heavy atom. The van der Waals surface area contributed by atoms with E-state index in [4.69, 9.17) is 9.72 Å². The number of ether oxygens (including phenoxy) is 1. The molecule has 0 saturated carbocycles. The summed E-state index contributed by atoms with van der Waals surface area (Å²) in [6.45, 7) is 7.83. The Labute approximate surface area is 155 Å². The first kappa shape index (κ1) is 18.5. The Hall–Kier alpha value is -0.860. The number of anilines is 1. The Morgan fingerprint density at radius 2 is 2.04 bits per heavy atom. The molecule has 1 aliphatic rings. The first-order chi connectivity index (χ1) is 10.7. The lowest BCUT2D eigenvalue weighted by molar-refractivity contribution is 0.0735. The number of imidazole rings is 1. The highest BCUT2D eigenvalue weighted by atomic mass is 127. The molecule has 0 atom stereocenters. The van der Waals surface area contributed by atoms with Crippen LogP contribution in [0.4, 0.5) is 5.95 Å². The van der Waals surface area contributed by atoms with Crippen molar-refractivity contribution < 1.29 is 4.74 Å². The van der Waals surface area contributed by atoms with Crippen LogP contribution in [-0.2, 0) is 11.3 Å². The summed E-state index contributed by atoms with van der Waals surface area (Å²) in [5.74, 6) is 0.973. The molecule has 0 amide bonds. The number of nitrogens with one attached hydrogen (secondary N) is 2. The van der Waals surface area contributed by atoms with Crippen LogP contribution in [0.1, 0.15) is 26.7 Å². The highest BCUT2D eigenvalue weighted by Gasteiger charge is 2.17. The number of hydrogen-bond donors (Lipinski definition) is 2. The van der Waals surface area contributed by atoms with Crippen molar-refractivity contribution in [1.82, 2.24) is 14.9 Å². The number of benzene rings is 1. The smallest absolute Gasteiger partial charge is 0.204 e. The maximum atomic E-state index is 5.72. The summed E-state index contributed by atoms with van der Waals surface area (Å²) < 4.78 is 7.97. The molecule has 0 aliphatic carbocycles. The summed E-state index contributed by atoms with van der Waals surface area (Å²) in [4.78, 5) is 4.78. The van der Waals surface area contributed by atoms with Crippen LogP contribution in [-0.4, -0.2) is 41.4 Å². The lowest BCUT2D eigenvalue weighted by Gasteiger charge is -2.24. The third-order valence-electron chi connectivity index (χ3n) is 4.09. The molecule has 1 aromatic carbocycles. The van der Waals surface area contributed by atoms with Gasteiger partial charge in [0.05, 0.1) is 23.7 Å². The van der Waals surface area contributed by atoms with Crippen molar-refractivity contribution in [2.75, 3.05) is 25.0 Å². The quantitative estimate of drug-likeness (QED) is 0.692. The molecule has 0 bridgehead atoms. The second-order valence-corrected chi connectivity index (χ2v) is 6.16. The van der Waals surface area contributed by atoms with Crippen LogP contribution >= 0.6 is 24.0 Å². The Kier molecular flexibility index (Phi) is 7.10. The van der Waals surface area contributed by atoms with Crippen LogP contribution in [0, 0.1) is 0 Å². The lowest BCUT2D eigenvalue weighted by atomic mass is 10.1. The number of rotatable bonds is 6. The molecule has 6 heteroatoms. The van der Waals surface area contributed by atoms with E-state index in [-0.39, 0.29) is 30.1 Å². The van der Waals surface area contributed by atoms with E-state index in [2.05, 4.69) is 47.2 Å². The average molecular weight is 430 g/mol. The number of aromatic nitrogens is 2. The van der Waals surface area contributed by atoms with Gasteiger partial charge >= 0.3 is 0 Å². The van der Waals surface area contributed by atoms with E-state index in [0.29, 0.717) is 12.6 Å². The fourth-order valence-electron chi connectivity index (χ4n) is 2.94. The van der Waals surface area contributed by atoms with Gasteiger partial charge in [0.15, 0.2) is 0 Å². The van der Waals surface area contributed by atoms with Gasteiger partial charge in [-0.05, 0) is 51.9 Å². The molecule has 128 valence electrons. The molecule has 0 radical (unpaired) electrons. The maximum absolute atomic E-state index is 5.72. The van der Waals surface area contributed by atoms with Crippen LogP contribution in [0.3, 0.4) is 0 Å². The summed E-state index contributed by atoms with van der Waals surface area (Å²) in [6, 6.07) is 8.81. The average Bonchev–Trinajstić information content (AvgIpc) is 2.86. The molecule has 1 fully saturated rings. The summed E-state index contributed by atoms with van der Waals surface area (Å²) >= 11 is 0. The Bertz CT molecular complexity index is 608. The molecule has 1 aromatic heterocycles. The molecule has 2 N–H and O–H groups in total. The SMILES string of the molecule is CC(C)OCCn1c(NC2CCNCC2)nc2ccccc21.I. The van der Waals surface area contributed by atoms with Gasteiger partial charge < -0.3 is 19.9 Å². The lowest BCUT2D eigenvalue weighted by Crippen LogP contribution is -2.36. The Balaban J connectivity index is 0.00000192. The minimum atomic E-state index is 0. The highest BCUT2D eigenvalue weighted by Crippen LogP contribution is 2.21. The Morgan fingerprint density at radius 3 is 2.78 bits per heavy atom. The van der Waals surface area contributed by atoms with E-state index in [0.717, 1.165) is 43.9 Å². The first-order valence-electron chi connectivity index (χ1n) is 8.28. The molecule has 3 rings (SSSR count). The van der Waals surface area contributed by atoms with E-state index >= 15 is 0 Å². The standard InChI is InChI=1S/C17H26N4O.HI/c1-13(2)22-12-11-21-16-6-4-3-5-15(16)20-17(21)19-14-7-9-18-10-8-14;/h3-6,13-14,18H,7-12H2,1-2H3,(H,19,20);1H. The van der Waals surface area contributed by atoms with Crippen molar-refractivity contribution in [2.45, 2.75) is 45.4 Å². The molecule has 0 spiro atoms. The third kappa shape index (κ3) is 4.81. The van der Waals surface area contributed by atoms with Crippen LogP contribution in [0.2, 0.25) is 0 Å². The molecule has 23 heavy (non-hydrogen) atoms. The monoisotopic (exact) mass is 430 g/mol. The van der Waals surface area contributed by atoms with E-state index in [1.54, 1.807) is 0 Å². The first-order valence-corrected chi connectivity index (χ1v) is 8.28. The van der Waals surface area contributed by atoms with Gasteiger partial charge in [-0.3, -0.25) is 0 Å². The van der Waals surface area contributed by atoms with Gasteiger partial charge in [0, 0.05) is 12.6 Å². The van der Waals surface area contributed by atoms with Crippen LogP contribution in [0.5, 0.6) is 0 Å². The van der Waals surface area contributed by atoms with Gasteiger partial charge in [0.25, 0.3) is 0 Å². The maximum Gasteiger partial charge on any atom is 0.204 e. The summed E-state index contributed by atoms with van der Waals surface area (Å²) in [6.07, 6.45) is 2.55. The van der Waals surface area contributed by atoms with E-state index in [1.807, 2.05) is 6.07 Å². The predicted molar refractivity (Wildman–Crippen MR) is 106 cm³/mol. The van der Waals surface area contributed by atoms with Gasteiger partial charge in [0.1, 0.15) is 0 Å². The van der Waals surface area contributed by atoms with Crippen LogP contribution in [0.25, 0.3) is 11.0 Å². The molecule has 5 nitrogen and oxygen atoms in total. The third-order valence-corrected chi connectivity index (χ3v) is 4.09. The second-order valence-electron chi connectivity index (χ2n) is 6.16. The number of para-hydroxylation sites is 2. The molecule has 2 aromatic rings. The molecular formula is C17H27IN4O. The van der Waals surface area contributed by atoms with E-state index in [9.17, 15) is 0 Å². The topological polar surface area (TPSA) is 51.1 Å². The van der Waals surface area contributed by atoms with Gasteiger partial charge in [0.2, 0.25) is 5.95 Å². The molecular weight excluding hydrogens is 403 g/mol. The fraction of sp³-hybridized carbons (Fsp3) is 0.588. The van der Waals surface area contributed by atoms with Crippen molar-refractivity contribution >= 4 is 41.0 Å². The predicted octanol–water partition coefficient (Wildman–Crippen LogP) is 3.24. The zero-order chi connectivity index (χ0) is 15.4. The van der Waals surface area contributed by atoms with Gasteiger partial charge in [-0.1, -0.05) is 12.1 Å². The molecule has 1 aliphatic heterocycles. The minimum absolute atomic E-state index is 0. The number of halogens is 1. The zero-order valence-electron chi connectivity index (χ0n) is 13.9. The molecule has 2 heterocycles. The molecule has 0 unspecified atom stereocenters. The molecule has 1 saturated heterocycles. The van der Waals surface area contributed by atoms with E-state index in [1.165, 1.54) is 5.52 Å². The summed E-state index contributed by atoms with van der Waals surface area (Å²) in [5.41, 5.74) is 2.22. The zero-order valence-corrected chi connectivity index (χ0v) is 16.2. The number of nitrogens with zero attached hydrogens (tertiary/aromatic N) is 2. The van der Waals surface area contributed by atoms with Crippen LogP contribution in [0.15, 0.2) is 24.3 Å². The minimum Gasteiger partial charge on any atom is -0.377 e. The van der Waals surface area contributed by atoms with Crippen molar-refractivity contribution in [3.63, 3.8) is 0 Å². The normalized spacial score (nSPS) is 15.8. The van der Waals surface area contributed by atoms with Crippen LogP contribution < -0.4 is 10.6 Å².